The SMILES string of the molecule is NCCC(F)c1ccc(F)cc1Cl. The lowest BCUT2D eigenvalue weighted by Gasteiger charge is -2.08. The summed E-state index contributed by atoms with van der Waals surface area (Å²) in [7, 11) is 0. The summed E-state index contributed by atoms with van der Waals surface area (Å²) in [6, 6.07) is 3.63. The number of rotatable bonds is 3. The fraction of sp³-hybridized carbons (Fsp3) is 0.333. The van der Waals surface area contributed by atoms with Gasteiger partial charge in [-0.2, -0.15) is 0 Å². The number of alkyl halides is 1. The van der Waals surface area contributed by atoms with E-state index in [0.29, 0.717) is 5.56 Å². The zero-order valence-corrected chi connectivity index (χ0v) is 7.69. The Morgan fingerprint density at radius 2 is 2.15 bits per heavy atom. The van der Waals surface area contributed by atoms with Crippen LogP contribution in [0.15, 0.2) is 18.2 Å². The van der Waals surface area contributed by atoms with Gasteiger partial charge in [0.25, 0.3) is 0 Å². The summed E-state index contributed by atoms with van der Waals surface area (Å²) in [6.45, 7) is 0.245. The molecule has 0 heterocycles. The Hall–Kier alpha value is -0.670. The van der Waals surface area contributed by atoms with E-state index in [1.807, 2.05) is 0 Å². The Morgan fingerprint density at radius 1 is 1.46 bits per heavy atom. The van der Waals surface area contributed by atoms with Crippen LogP contribution in [0.2, 0.25) is 5.02 Å². The molecule has 0 bridgehead atoms. The second-order valence-electron chi connectivity index (χ2n) is 2.71. The maximum absolute atomic E-state index is 13.2. The van der Waals surface area contributed by atoms with Gasteiger partial charge in [0.1, 0.15) is 12.0 Å². The molecule has 0 aliphatic heterocycles. The molecule has 1 rings (SSSR count). The van der Waals surface area contributed by atoms with Crippen molar-refractivity contribution >= 4 is 11.6 Å². The van der Waals surface area contributed by atoms with E-state index in [1.54, 1.807) is 0 Å². The van der Waals surface area contributed by atoms with Crippen molar-refractivity contribution < 1.29 is 8.78 Å². The van der Waals surface area contributed by atoms with Gasteiger partial charge >= 0.3 is 0 Å². The lowest BCUT2D eigenvalue weighted by molar-refractivity contribution is 0.327. The highest BCUT2D eigenvalue weighted by Gasteiger charge is 2.12. The molecule has 0 aliphatic rings. The average Bonchev–Trinajstić information content (AvgIpc) is 2.04. The van der Waals surface area contributed by atoms with Crippen LogP contribution in [0.1, 0.15) is 18.2 Å². The predicted molar refractivity (Wildman–Crippen MR) is 48.9 cm³/mol. The molecule has 0 radical (unpaired) electrons. The van der Waals surface area contributed by atoms with Crippen LogP contribution in [-0.2, 0) is 0 Å². The number of halogens is 3. The van der Waals surface area contributed by atoms with Gasteiger partial charge < -0.3 is 5.73 Å². The zero-order chi connectivity index (χ0) is 9.84. The van der Waals surface area contributed by atoms with Crippen molar-refractivity contribution in [1.29, 1.82) is 0 Å². The van der Waals surface area contributed by atoms with Crippen molar-refractivity contribution in [3.05, 3.63) is 34.6 Å². The molecule has 1 aromatic carbocycles. The lowest BCUT2D eigenvalue weighted by atomic mass is 10.1. The summed E-state index contributed by atoms with van der Waals surface area (Å²) in [5.74, 6) is -0.464. The van der Waals surface area contributed by atoms with E-state index in [1.165, 1.54) is 12.1 Å². The summed E-state index contributed by atoms with van der Waals surface area (Å²) >= 11 is 5.64. The average molecular weight is 206 g/mol. The molecule has 0 aliphatic carbocycles. The molecular weight excluding hydrogens is 196 g/mol. The molecule has 1 nitrogen and oxygen atoms in total. The molecule has 13 heavy (non-hydrogen) atoms. The van der Waals surface area contributed by atoms with Crippen LogP contribution in [-0.4, -0.2) is 6.54 Å². The normalized spacial score (nSPS) is 12.9. The van der Waals surface area contributed by atoms with Gasteiger partial charge in [0.15, 0.2) is 0 Å². The van der Waals surface area contributed by atoms with E-state index >= 15 is 0 Å². The van der Waals surface area contributed by atoms with Crippen molar-refractivity contribution in [1.82, 2.24) is 0 Å². The molecule has 0 fully saturated rings. The fourth-order valence-corrected chi connectivity index (χ4v) is 1.34. The maximum Gasteiger partial charge on any atom is 0.128 e. The van der Waals surface area contributed by atoms with Crippen LogP contribution in [0.25, 0.3) is 0 Å². The number of hydrogen-bond donors (Lipinski definition) is 1. The van der Waals surface area contributed by atoms with Gasteiger partial charge in [0.05, 0.1) is 0 Å². The Bertz CT molecular complexity index is 291. The van der Waals surface area contributed by atoms with Crippen LogP contribution >= 0.6 is 11.6 Å². The highest BCUT2D eigenvalue weighted by molar-refractivity contribution is 6.31. The molecule has 1 unspecified atom stereocenters. The minimum absolute atomic E-state index is 0.112. The highest BCUT2D eigenvalue weighted by Crippen LogP contribution is 2.28. The van der Waals surface area contributed by atoms with Crippen molar-refractivity contribution in [2.75, 3.05) is 6.54 Å². The summed E-state index contributed by atoms with van der Waals surface area (Å²) < 4.78 is 25.8. The van der Waals surface area contributed by atoms with Gasteiger partial charge in [-0.3, -0.25) is 0 Å². The van der Waals surface area contributed by atoms with Crippen molar-refractivity contribution in [2.24, 2.45) is 5.73 Å². The fourth-order valence-electron chi connectivity index (χ4n) is 1.06. The Morgan fingerprint density at radius 3 is 2.69 bits per heavy atom. The van der Waals surface area contributed by atoms with Crippen molar-refractivity contribution in [2.45, 2.75) is 12.6 Å². The van der Waals surface area contributed by atoms with Gasteiger partial charge in [-0.1, -0.05) is 17.7 Å². The highest BCUT2D eigenvalue weighted by atomic mass is 35.5. The van der Waals surface area contributed by atoms with Crippen LogP contribution in [0, 0.1) is 5.82 Å². The lowest BCUT2D eigenvalue weighted by Crippen LogP contribution is -2.04. The van der Waals surface area contributed by atoms with Crippen molar-refractivity contribution in [3.8, 4) is 0 Å². The number of benzene rings is 1. The minimum Gasteiger partial charge on any atom is -0.330 e. The smallest absolute Gasteiger partial charge is 0.128 e. The van der Waals surface area contributed by atoms with Crippen LogP contribution in [0.3, 0.4) is 0 Å². The van der Waals surface area contributed by atoms with Crippen LogP contribution in [0.5, 0.6) is 0 Å². The van der Waals surface area contributed by atoms with E-state index in [2.05, 4.69) is 0 Å². The Labute approximate surface area is 80.5 Å². The van der Waals surface area contributed by atoms with E-state index in [4.69, 9.17) is 17.3 Å². The molecule has 0 aromatic heterocycles. The van der Waals surface area contributed by atoms with E-state index in [-0.39, 0.29) is 18.0 Å². The molecule has 72 valence electrons. The van der Waals surface area contributed by atoms with Gasteiger partial charge in [0, 0.05) is 10.6 Å². The summed E-state index contributed by atoms with van der Waals surface area (Å²) in [4.78, 5) is 0. The van der Waals surface area contributed by atoms with Crippen LogP contribution < -0.4 is 5.73 Å². The first-order valence-corrected chi connectivity index (χ1v) is 4.32. The standard InChI is InChI=1S/C9H10ClF2N/c10-8-5-6(11)1-2-7(8)9(12)3-4-13/h1-2,5,9H,3-4,13H2. The summed E-state index contributed by atoms with van der Waals surface area (Å²) in [5, 5.41) is 0.112. The third-order valence-corrected chi connectivity index (χ3v) is 2.05. The molecule has 2 N–H and O–H groups in total. The van der Waals surface area contributed by atoms with Gasteiger partial charge in [0.2, 0.25) is 0 Å². The van der Waals surface area contributed by atoms with E-state index in [0.717, 1.165) is 6.07 Å². The van der Waals surface area contributed by atoms with E-state index in [9.17, 15) is 8.78 Å². The first-order valence-electron chi connectivity index (χ1n) is 3.94. The molecule has 0 saturated heterocycles. The first kappa shape index (κ1) is 10.4. The first-order chi connectivity index (χ1) is 6.15. The predicted octanol–water partition coefficient (Wildman–Crippen LogP) is 2.84. The Kier molecular flexibility index (Phi) is 3.63. The van der Waals surface area contributed by atoms with E-state index < -0.39 is 12.0 Å². The van der Waals surface area contributed by atoms with Crippen molar-refractivity contribution in [3.63, 3.8) is 0 Å². The number of nitrogens with two attached hydrogens (primary N) is 1. The third-order valence-electron chi connectivity index (χ3n) is 1.72. The molecule has 1 aromatic rings. The molecule has 0 spiro atoms. The summed E-state index contributed by atoms with van der Waals surface area (Å²) in [5.41, 5.74) is 5.49. The molecule has 0 amide bonds. The third kappa shape index (κ3) is 2.64. The maximum atomic E-state index is 13.2. The largest absolute Gasteiger partial charge is 0.330 e. The van der Waals surface area contributed by atoms with Gasteiger partial charge in [-0.15, -0.1) is 0 Å². The topological polar surface area (TPSA) is 26.0 Å². The molecule has 4 heteroatoms. The summed E-state index contributed by atoms with van der Waals surface area (Å²) in [6.07, 6.45) is -1.01. The van der Waals surface area contributed by atoms with Gasteiger partial charge in [-0.25, -0.2) is 8.78 Å². The quantitative estimate of drug-likeness (QED) is 0.807. The number of hydrogen-bond acceptors (Lipinski definition) is 1. The minimum atomic E-state index is -1.21. The van der Waals surface area contributed by atoms with Gasteiger partial charge in [-0.05, 0) is 25.1 Å². The second kappa shape index (κ2) is 4.53. The second-order valence-corrected chi connectivity index (χ2v) is 3.12. The Balaban J connectivity index is 2.88. The monoisotopic (exact) mass is 205 g/mol. The zero-order valence-electron chi connectivity index (χ0n) is 6.93. The van der Waals surface area contributed by atoms with Crippen LogP contribution in [0.4, 0.5) is 8.78 Å². The molecular formula is C9H10ClF2N. The molecule has 1 atom stereocenters. The molecule has 0 saturated carbocycles.